The van der Waals surface area contributed by atoms with Crippen molar-refractivity contribution in [2.45, 2.75) is 23.9 Å². The minimum absolute atomic E-state index is 0.0806. The lowest BCUT2D eigenvalue weighted by molar-refractivity contribution is 0.281. The van der Waals surface area contributed by atoms with Crippen LogP contribution in [-0.2, 0) is 5.75 Å². The third-order valence-electron chi connectivity index (χ3n) is 3.36. The van der Waals surface area contributed by atoms with Crippen LogP contribution in [0.1, 0.15) is 12.5 Å². The van der Waals surface area contributed by atoms with Crippen LogP contribution in [0.2, 0.25) is 0 Å². The van der Waals surface area contributed by atoms with Gasteiger partial charge in [-0.15, -0.1) is 0 Å². The Morgan fingerprint density at radius 3 is 2.80 bits per heavy atom. The second kappa shape index (κ2) is 7.66. The highest BCUT2D eigenvalue weighted by Gasteiger charge is 2.14. The number of aliphatic hydroxyl groups is 1. The maximum Gasteiger partial charge on any atom is 0.192 e. The third kappa shape index (κ3) is 3.99. The summed E-state index contributed by atoms with van der Waals surface area (Å²) in [4.78, 5) is 17.0. The molecule has 1 aromatic carbocycles. The molecule has 25 heavy (non-hydrogen) atoms. The summed E-state index contributed by atoms with van der Waals surface area (Å²) >= 11 is 1.16. The molecule has 0 radical (unpaired) electrons. The Bertz CT molecular complexity index is 896. The molecule has 0 bridgehead atoms. The Balaban J connectivity index is 1.89. The van der Waals surface area contributed by atoms with E-state index >= 15 is 0 Å². The molecule has 9 heteroatoms. The fourth-order valence-corrected chi connectivity index (χ4v) is 2.90. The lowest BCUT2D eigenvalue weighted by Crippen LogP contribution is -2.20. The molecule has 3 rings (SSSR count). The smallest absolute Gasteiger partial charge is 0.192 e. The molecule has 2 aromatic heterocycles. The highest BCUT2D eigenvalue weighted by Crippen LogP contribution is 2.26. The molecule has 0 aliphatic rings. The SMILES string of the molecule is C[C@H](CO)Nc1nc(SCc2cccc(F)c2F)nc2nccnc12. The first-order valence-corrected chi connectivity index (χ1v) is 8.49. The molecular weight excluding hydrogens is 348 g/mol. The van der Waals surface area contributed by atoms with Crippen LogP contribution in [0, 0.1) is 11.6 Å². The molecule has 2 heterocycles. The second-order valence-corrected chi connectivity index (χ2v) is 6.26. The van der Waals surface area contributed by atoms with Gasteiger partial charge in [0.2, 0.25) is 0 Å². The van der Waals surface area contributed by atoms with E-state index in [9.17, 15) is 13.9 Å². The van der Waals surface area contributed by atoms with Gasteiger partial charge in [0.1, 0.15) is 0 Å². The highest BCUT2D eigenvalue weighted by atomic mass is 32.2. The number of benzene rings is 1. The largest absolute Gasteiger partial charge is 0.394 e. The van der Waals surface area contributed by atoms with Crippen molar-refractivity contribution in [3.8, 4) is 0 Å². The van der Waals surface area contributed by atoms with Crippen LogP contribution in [0.3, 0.4) is 0 Å². The quantitative estimate of drug-likeness (QED) is 0.515. The average molecular weight is 363 g/mol. The zero-order valence-electron chi connectivity index (χ0n) is 13.3. The van der Waals surface area contributed by atoms with Crippen LogP contribution in [-0.4, -0.2) is 37.7 Å². The van der Waals surface area contributed by atoms with E-state index in [-0.39, 0.29) is 24.0 Å². The lowest BCUT2D eigenvalue weighted by Gasteiger charge is -2.13. The van der Waals surface area contributed by atoms with Crippen LogP contribution in [0.25, 0.3) is 11.2 Å². The molecule has 0 aliphatic heterocycles. The Labute approximate surface area is 146 Å². The molecule has 0 fully saturated rings. The van der Waals surface area contributed by atoms with Crippen molar-refractivity contribution in [3.05, 3.63) is 47.8 Å². The summed E-state index contributed by atoms with van der Waals surface area (Å²) in [5.74, 6) is -1.16. The molecule has 3 aromatic rings. The average Bonchev–Trinajstić information content (AvgIpc) is 2.63. The first-order chi connectivity index (χ1) is 12.1. The van der Waals surface area contributed by atoms with E-state index in [0.717, 1.165) is 17.8 Å². The number of anilines is 1. The number of aromatic nitrogens is 4. The second-order valence-electron chi connectivity index (χ2n) is 5.31. The Hall–Kier alpha value is -2.39. The van der Waals surface area contributed by atoms with E-state index in [1.54, 1.807) is 6.92 Å². The van der Waals surface area contributed by atoms with Crippen molar-refractivity contribution < 1.29 is 13.9 Å². The first-order valence-electron chi connectivity index (χ1n) is 7.50. The maximum absolute atomic E-state index is 13.8. The topological polar surface area (TPSA) is 83.8 Å². The molecule has 0 spiro atoms. The summed E-state index contributed by atoms with van der Waals surface area (Å²) in [5, 5.41) is 12.6. The van der Waals surface area contributed by atoms with Gasteiger partial charge in [-0.05, 0) is 13.0 Å². The molecule has 0 saturated carbocycles. The van der Waals surface area contributed by atoms with E-state index in [0.29, 0.717) is 22.1 Å². The van der Waals surface area contributed by atoms with E-state index in [2.05, 4.69) is 25.3 Å². The van der Waals surface area contributed by atoms with Gasteiger partial charge in [-0.2, -0.15) is 0 Å². The summed E-state index contributed by atoms with van der Waals surface area (Å²) in [6.07, 6.45) is 3.03. The molecule has 1 atom stereocenters. The fraction of sp³-hybridized carbons (Fsp3) is 0.250. The predicted molar refractivity (Wildman–Crippen MR) is 91.2 cm³/mol. The summed E-state index contributed by atoms with van der Waals surface area (Å²) in [6.45, 7) is 1.71. The molecular formula is C16H15F2N5OS. The van der Waals surface area contributed by atoms with Crippen molar-refractivity contribution in [2.24, 2.45) is 0 Å². The molecule has 0 aliphatic carbocycles. The number of fused-ring (bicyclic) bond motifs is 1. The normalized spacial score (nSPS) is 12.3. The molecule has 2 N–H and O–H groups in total. The minimum atomic E-state index is -0.887. The third-order valence-corrected chi connectivity index (χ3v) is 4.25. The number of rotatable bonds is 6. The van der Waals surface area contributed by atoms with Gasteiger partial charge in [-0.1, -0.05) is 23.9 Å². The Kier molecular flexibility index (Phi) is 5.34. The van der Waals surface area contributed by atoms with E-state index < -0.39 is 11.6 Å². The van der Waals surface area contributed by atoms with E-state index in [4.69, 9.17) is 0 Å². The van der Waals surface area contributed by atoms with Crippen LogP contribution < -0.4 is 5.32 Å². The standard InChI is InChI=1S/C16H15F2N5OS/c1-9(7-24)21-15-13-14(20-6-5-19-13)22-16(23-15)25-8-10-3-2-4-11(17)12(10)18/h2-6,9,24H,7-8H2,1H3,(H,20,21,22,23)/t9-/m1/s1. The van der Waals surface area contributed by atoms with E-state index in [1.807, 2.05) is 0 Å². The number of hydrogen-bond acceptors (Lipinski definition) is 7. The number of thioether (sulfide) groups is 1. The first kappa shape index (κ1) is 17.4. The number of hydrogen-bond donors (Lipinski definition) is 2. The van der Waals surface area contributed by atoms with Gasteiger partial charge in [-0.25, -0.2) is 28.7 Å². The zero-order chi connectivity index (χ0) is 17.8. The maximum atomic E-state index is 13.8. The van der Waals surface area contributed by atoms with Gasteiger partial charge in [0, 0.05) is 29.8 Å². The van der Waals surface area contributed by atoms with Crippen LogP contribution >= 0.6 is 11.8 Å². The van der Waals surface area contributed by atoms with Crippen molar-refractivity contribution in [2.75, 3.05) is 11.9 Å². The minimum Gasteiger partial charge on any atom is -0.394 e. The van der Waals surface area contributed by atoms with Crippen LogP contribution in [0.5, 0.6) is 0 Å². The molecule has 6 nitrogen and oxygen atoms in total. The van der Waals surface area contributed by atoms with Crippen molar-refractivity contribution in [1.82, 2.24) is 19.9 Å². The molecule has 130 valence electrons. The van der Waals surface area contributed by atoms with Gasteiger partial charge in [0.25, 0.3) is 0 Å². The number of aliphatic hydroxyl groups excluding tert-OH is 1. The molecule has 0 unspecified atom stereocenters. The van der Waals surface area contributed by atoms with Gasteiger partial charge in [0.05, 0.1) is 6.61 Å². The van der Waals surface area contributed by atoms with Crippen LogP contribution in [0.15, 0.2) is 35.7 Å². The van der Waals surface area contributed by atoms with E-state index in [1.165, 1.54) is 24.5 Å². The monoisotopic (exact) mass is 363 g/mol. The number of halogens is 2. The summed E-state index contributed by atoms with van der Waals surface area (Å²) in [7, 11) is 0. The van der Waals surface area contributed by atoms with Gasteiger partial charge in [0.15, 0.2) is 33.8 Å². The predicted octanol–water partition coefficient (Wildman–Crippen LogP) is 2.78. The van der Waals surface area contributed by atoms with Gasteiger partial charge in [-0.3, -0.25) is 0 Å². The highest BCUT2D eigenvalue weighted by molar-refractivity contribution is 7.98. The summed E-state index contributed by atoms with van der Waals surface area (Å²) < 4.78 is 27.1. The summed E-state index contributed by atoms with van der Waals surface area (Å²) in [5.41, 5.74) is 1.09. The zero-order valence-corrected chi connectivity index (χ0v) is 14.1. The lowest BCUT2D eigenvalue weighted by atomic mass is 10.2. The number of nitrogens with one attached hydrogen (secondary N) is 1. The Morgan fingerprint density at radius 2 is 2.00 bits per heavy atom. The van der Waals surface area contributed by atoms with Crippen molar-refractivity contribution >= 4 is 28.7 Å². The number of nitrogens with zero attached hydrogens (tertiary/aromatic N) is 4. The summed E-state index contributed by atoms with van der Waals surface area (Å²) in [6, 6.07) is 3.80. The van der Waals surface area contributed by atoms with Crippen molar-refractivity contribution in [1.29, 1.82) is 0 Å². The van der Waals surface area contributed by atoms with Gasteiger partial charge < -0.3 is 10.4 Å². The molecule has 0 saturated heterocycles. The van der Waals surface area contributed by atoms with Crippen LogP contribution in [0.4, 0.5) is 14.6 Å². The Morgan fingerprint density at radius 1 is 1.20 bits per heavy atom. The molecule has 0 amide bonds. The fourth-order valence-electron chi connectivity index (χ4n) is 2.09. The van der Waals surface area contributed by atoms with Crippen molar-refractivity contribution in [3.63, 3.8) is 0 Å². The van der Waals surface area contributed by atoms with Gasteiger partial charge >= 0.3 is 0 Å².